The molecule has 0 fully saturated rings. The third kappa shape index (κ3) is 5.22. The zero-order valence-corrected chi connectivity index (χ0v) is 11.4. The summed E-state index contributed by atoms with van der Waals surface area (Å²) in [7, 11) is 2.16. The van der Waals surface area contributed by atoms with Crippen molar-refractivity contribution in [1.29, 1.82) is 0 Å². The van der Waals surface area contributed by atoms with Crippen LogP contribution in [-0.2, 0) is 0 Å². The number of rotatable bonds is 7. The van der Waals surface area contributed by atoms with Gasteiger partial charge in [-0.1, -0.05) is 24.6 Å². The van der Waals surface area contributed by atoms with Gasteiger partial charge >= 0.3 is 0 Å². The maximum atomic E-state index is 5.56. The monoisotopic (exact) mass is 234 g/mol. The first kappa shape index (κ1) is 14.0. The van der Waals surface area contributed by atoms with Crippen LogP contribution in [0.25, 0.3) is 0 Å². The van der Waals surface area contributed by atoms with Crippen molar-refractivity contribution < 1.29 is 0 Å². The number of anilines is 1. The molecule has 1 aromatic rings. The molecule has 0 saturated heterocycles. The summed E-state index contributed by atoms with van der Waals surface area (Å²) in [5, 5.41) is 0. The Kier molecular flexibility index (Phi) is 6.06. The van der Waals surface area contributed by atoms with Crippen LogP contribution in [0.15, 0.2) is 24.3 Å². The predicted molar refractivity (Wildman–Crippen MR) is 76.5 cm³/mol. The molecule has 0 spiro atoms. The highest BCUT2D eigenvalue weighted by molar-refractivity contribution is 5.46. The molecule has 1 unspecified atom stereocenters. The fourth-order valence-electron chi connectivity index (χ4n) is 2.03. The number of nitrogens with zero attached hydrogens (tertiary/aromatic N) is 1. The van der Waals surface area contributed by atoms with Crippen LogP contribution in [0.5, 0.6) is 0 Å². The Morgan fingerprint density at radius 2 is 1.82 bits per heavy atom. The molecule has 1 rings (SSSR count). The first-order valence-corrected chi connectivity index (χ1v) is 6.61. The van der Waals surface area contributed by atoms with Gasteiger partial charge in [-0.25, -0.2) is 0 Å². The molecular formula is C15H26N2. The lowest BCUT2D eigenvalue weighted by atomic mass is 10.0. The summed E-state index contributed by atoms with van der Waals surface area (Å²) in [6, 6.07) is 8.73. The third-order valence-corrected chi connectivity index (χ3v) is 3.32. The topological polar surface area (TPSA) is 29.3 Å². The average Bonchev–Trinajstić information content (AvgIpc) is 2.30. The van der Waals surface area contributed by atoms with Gasteiger partial charge in [0.15, 0.2) is 0 Å². The summed E-state index contributed by atoms with van der Waals surface area (Å²) in [4.78, 5) is 2.33. The van der Waals surface area contributed by atoms with E-state index in [1.807, 2.05) is 0 Å². The number of benzene rings is 1. The Labute approximate surface area is 106 Å². The molecule has 1 atom stereocenters. The Hall–Kier alpha value is -1.02. The fraction of sp³-hybridized carbons (Fsp3) is 0.600. The molecule has 0 aliphatic heterocycles. The lowest BCUT2D eigenvalue weighted by Gasteiger charge is -2.20. The molecule has 1 aromatic carbocycles. The number of nitrogens with two attached hydrogens (primary N) is 1. The van der Waals surface area contributed by atoms with Gasteiger partial charge in [-0.3, -0.25) is 0 Å². The Morgan fingerprint density at radius 3 is 2.41 bits per heavy atom. The lowest BCUT2D eigenvalue weighted by molar-refractivity contribution is 0.482. The fourth-order valence-corrected chi connectivity index (χ4v) is 2.03. The standard InChI is InChI=1S/C15H26N2/c1-13(10-11-16)5-4-12-17(3)15-8-6-14(2)7-9-15/h6-9,13H,4-5,10-12,16H2,1-3H3. The van der Waals surface area contributed by atoms with Crippen LogP contribution < -0.4 is 10.6 Å². The molecule has 0 aromatic heterocycles. The van der Waals surface area contributed by atoms with Crippen molar-refractivity contribution in [2.75, 3.05) is 25.0 Å². The van der Waals surface area contributed by atoms with Crippen LogP contribution in [0, 0.1) is 12.8 Å². The van der Waals surface area contributed by atoms with Crippen molar-refractivity contribution in [3.8, 4) is 0 Å². The molecule has 0 radical (unpaired) electrons. The predicted octanol–water partition coefficient (Wildman–Crippen LogP) is 3.20. The van der Waals surface area contributed by atoms with Crippen molar-refractivity contribution in [2.24, 2.45) is 11.7 Å². The van der Waals surface area contributed by atoms with Gasteiger partial charge in [0.05, 0.1) is 0 Å². The summed E-state index contributed by atoms with van der Waals surface area (Å²) in [6.45, 7) is 6.35. The van der Waals surface area contributed by atoms with Gasteiger partial charge in [-0.2, -0.15) is 0 Å². The zero-order valence-electron chi connectivity index (χ0n) is 11.4. The largest absolute Gasteiger partial charge is 0.375 e. The van der Waals surface area contributed by atoms with Gasteiger partial charge in [-0.05, 0) is 50.8 Å². The van der Waals surface area contributed by atoms with E-state index in [9.17, 15) is 0 Å². The summed E-state index contributed by atoms with van der Waals surface area (Å²) < 4.78 is 0. The molecule has 0 aliphatic carbocycles. The van der Waals surface area contributed by atoms with Crippen LogP contribution in [0.4, 0.5) is 5.69 Å². The molecule has 0 heterocycles. The normalized spacial score (nSPS) is 12.5. The van der Waals surface area contributed by atoms with Gasteiger partial charge < -0.3 is 10.6 Å². The first-order chi connectivity index (χ1) is 8.13. The highest BCUT2D eigenvalue weighted by atomic mass is 15.1. The van der Waals surface area contributed by atoms with Crippen LogP contribution in [0.2, 0.25) is 0 Å². The second kappa shape index (κ2) is 7.33. The molecule has 0 saturated carbocycles. The van der Waals surface area contributed by atoms with Crippen LogP contribution in [-0.4, -0.2) is 20.1 Å². The molecule has 2 heteroatoms. The van der Waals surface area contributed by atoms with Gasteiger partial charge in [-0.15, -0.1) is 0 Å². The number of hydrogen-bond acceptors (Lipinski definition) is 2. The minimum atomic E-state index is 0.756. The summed E-state index contributed by atoms with van der Waals surface area (Å²) >= 11 is 0. The second-order valence-electron chi connectivity index (χ2n) is 5.08. The van der Waals surface area contributed by atoms with E-state index in [4.69, 9.17) is 5.73 Å². The number of hydrogen-bond donors (Lipinski definition) is 1. The molecule has 0 aliphatic rings. The van der Waals surface area contributed by atoms with Crippen molar-refractivity contribution in [3.05, 3.63) is 29.8 Å². The SMILES string of the molecule is Cc1ccc(N(C)CCCC(C)CCN)cc1. The van der Waals surface area contributed by atoms with E-state index >= 15 is 0 Å². The van der Waals surface area contributed by atoms with Crippen LogP contribution >= 0.6 is 0 Å². The van der Waals surface area contributed by atoms with Crippen molar-refractivity contribution in [3.63, 3.8) is 0 Å². The van der Waals surface area contributed by atoms with Gasteiger partial charge in [0.1, 0.15) is 0 Å². The lowest BCUT2D eigenvalue weighted by Crippen LogP contribution is -2.19. The summed E-state index contributed by atoms with van der Waals surface area (Å²) in [5.74, 6) is 0.756. The van der Waals surface area contributed by atoms with E-state index in [0.717, 1.165) is 25.4 Å². The maximum absolute atomic E-state index is 5.56. The summed E-state index contributed by atoms with van der Waals surface area (Å²) in [5.41, 5.74) is 8.18. The highest BCUT2D eigenvalue weighted by Crippen LogP contribution is 2.15. The van der Waals surface area contributed by atoms with E-state index in [-0.39, 0.29) is 0 Å². The van der Waals surface area contributed by atoms with E-state index in [1.165, 1.54) is 24.1 Å². The van der Waals surface area contributed by atoms with E-state index < -0.39 is 0 Å². The molecule has 2 N–H and O–H groups in total. The van der Waals surface area contributed by atoms with Crippen molar-refractivity contribution in [1.82, 2.24) is 0 Å². The van der Waals surface area contributed by atoms with Gasteiger partial charge in [0.2, 0.25) is 0 Å². The maximum Gasteiger partial charge on any atom is 0.0363 e. The third-order valence-electron chi connectivity index (χ3n) is 3.32. The van der Waals surface area contributed by atoms with Crippen LogP contribution in [0.3, 0.4) is 0 Å². The minimum absolute atomic E-state index is 0.756. The van der Waals surface area contributed by atoms with E-state index in [2.05, 4.69) is 50.1 Å². The molecule has 0 bridgehead atoms. The molecular weight excluding hydrogens is 208 g/mol. The van der Waals surface area contributed by atoms with Crippen LogP contribution in [0.1, 0.15) is 31.7 Å². The summed E-state index contributed by atoms with van der Waals surface area (Å²) in [6.07, 6.45) is 3.66. The van der Waals surface area contributed by atoms with E-state index in [0.29, 0.717) is 0 Å². The Balaban J connectivity index is 2.29. The van der Waals surface area contributed by atoms with Crippen molar-refractivity contribution >= 4 is 5.69 Å². The first-order valence-electron chi connectivity index (χ1n) is 6.61. The average molecular weight is 234 g/mol. The number of aryl methyl sites for hydroxylation is 1. The second-order valence-corrected chi connectivity index (χ2v) is 5.08. The molecule has 0 amide bonds. The van der Waals surface area contributed by atoms with E-state index in [1.54, 1.807) is 0 Å². The molecule has 2 nitrogen and oxygen atoms in total. The molecule has 17 heavy (non-hydrogen) atoms. The Bertz CT molecular complexity index is 305. The molecule has 96 valence electrons. The smallest absolute Gasteiger partial charge is 0.0363 e. The Morgan fingerprint density at radius 1 is 1.18 bits per heavy atom. The van der Waals surface area contributed by atoms with Gasteiger partial charge in [0.25, 0.3) is 0 Å². The van der Waals surface area contributed by atoms with Crippen molar-refractivity contribution in [2.45, 2.75) is 33.1 Å². The van der Waals surface area contributed by atoms with Gasteiger partial charge in [0, 0.05) is 19.3 Å². The zero-order chi connectivity index (χ0) is 12.7. The highest BCUT2D eigenvalue weighted by Gasteiger charge is 2.03. The minimum Gasteiger partial charge on any atom is -0.375 e. The quantitative estimate of drug-likeness (QED) is 0.785.